The molecule has 0 aliphatic heterocycles. The molecule has 0 unspecified atom stereocenters. The van der Waals surface area contributed by atoms with E-state index in [9.17, 15) is 4.79 Å². The normalized spacial score (nSPS) is 11.9. The Labute approximate surface area is 154 Å². The Hall–Kier alpha value is -2.67. The van der Waals surface area contributed by atoms with E-state index >= 15 is 0 Å². The molecule has 0 bridgehead atoms. The Bertz CT molecular complexity index is 861. The maximum atomic E-state index is 12.4. The van der Waals surface area contributed by atoms with Crippen LogP contribution in [0.15, 0.2) is 59.1 Å². The van der Waals surface area contributed by atoms with Crippen LogP contribution in [-0.4, -0.2) is 27.4 Å². The molecule has 1 aromatic heterocycles. The van der Waals surface area contributed by atoms with Crippen LogP contribution in [0.1, 0.15) is 28.9 Å². The topological polar surface area (TPSA) is 85.8 Å². The number of amides is 1. The number of nitrogens with two attached hydrogens (primary N) is 1. The van der Waals surface area contributed by atoms with Crippen LogP contribution in [0.4, 0.5) is 5.82 Å². The number of hydrogen-bond donors (Lipinski definition) is 2. The predicted molar refractivity (Wildman–Crippen MR) is 101 cm³/mol. The third-order valence-electron chi connectivity index (χ3n) is 3.93. The maximum absolute atomic E-state index is 12.4. The number of nitrogen functional groups attached to an aromatic ring is 1. The largest absolute Gasteiger partial charge is 0.382 e. The second kappa shape index (κ2) is 7.48. The summed E-state index contributed by atoms with van der Waals surface area (Å²) >= 11 is 3.38. The van der Waals surface area contributed by atoms with Gasteiger partial charge >= 0.3 is 0 Å². The van der Waals surface area contributed by atoms with Crippen molar-refractivity contribution in [2.24, 2.45) is 0 Å². The van der Waals surface area contributed by atoms with Crippen molar-refractivity contribution in [2.75, 3.05) is 12.3 Å². The minimum absolute atomic E-state index is 0.128. The highest BCUT2D eigenvalue weighted by Crippen LogP contribution is 2.18. The van der Waals surface area contributed by atoms with Gasteiger partial charge in [0, 0.05) is 11.0 Å². The lowest BCUT2D eigenvalue weighted by Gasteiger charge is -2.12. The molecule has 7 heteroatoms. The number of benzene rings is 2. The summed E-state index contributed by atoms with van der Waals surface area (Å²) in [7, 11) is 0. The lowest BCUT2D eigenvalue weighted by Crippen LogP contribution is -2.28. The van der Waals surface area contributed by atoms with Crippen molar-refractivity contribution in [3.05, 3.63) is 70.3 Å². The van der Waals surface area contributed by atoms with Crippen LogP contribution in [0.3, 0.4) is 0 Å². The molecule has 1 heterocycles. The van der Waals surface area contributed by atoms with Gasteiger partial charge in [-0.25, -0.2) is 0 Å². The first kappa shape index (κ1) is 17.2. The molecule has 0 radical (unpaired) electrons. The van der Waals surface area contributed by atoms with Crippen molar-refractivity contribution in [2.45, 2.75) is 12.8 Å². The number of aromatic nitrogens is 3. The van der Waals surface area contributed by atoms with Crippen molar-refractivity contribution in [1.82, 2.24) is 20.3 Å². The fourth-order valence-electron chi connectivity index (χ4n) is 2.45. The molecule has 25 heavy (non-hydrogen) atoms. The summed E-state index contributed by atoms with van der Waals surface area (Å²) in [5.74, 6) is 0.0729. The SMILES string of the molecule is C[C@H](CNC(=O)c1nnn(-c2ccc(Br)cc2)c1N)c1ccccc1. The van der Waals surface area contributed by atoms with E-state index < -0.39 is 0 Å². The zero-order chi connectivity index (χ0) is 17.8. The monoisotopic (exact) mass is 399 g/mol. The minimum Gasteiger partial charge on any atom is -0.382 e. The van der Waals surface area contributed by atoms with Crippen molar-refractivity contribution >= 4 is 27.7 Å². The Balaban J connectivity index is 1.70. The van der Waals surface area contributed by atoms with Gasteiger partial charge in [0.05, 0.1) is 5.69 Å². The van der Waals surface area contributed by atoms with Crippen LogP contribution in [0.25, 0.3) is 5.69 Å². The average molecular weight is 400 g/mol. The molecule has 1 atom stereocenters. The molecule has 6 nitrogen and oxygen atoms in total. The van der Waals surface area contributed by atoms with Gasteiger partial charge < -0.3 is 11.1 Å². The molecular weight excluding hydrogens is 382 g/mol. The lowest BCUT2D eigenvalue weighted by molar-refractivity contribution is 0.0947. The van der Waals surface area contributed by atoms with Gasteiger partial charge in [-0.15, -0.1) is 5.10 Å². The van der Waals surface area contributed by atoms with Crippen molar-refractivity contribution in [3.63, 3.8) is 0 Å². The minimum atomic E-state index is -0.330. The smallest absolute Gasteiger partial charge is 0.275 e. The van der Waals surface area contributed by atoms with Gasteiger partial charge in [-0.1, -0.05) is 58.4 Å². The maximum Gasteiger partial charge on any atom is 0.275 e. The number of halogens is 1. The molecule has 3 rings (SSSR count). The molecule has 2 aromatic carbocycles. The van der Waals surface area contributed by atoms with Gasteiger partial charge in [0.25, 0.3) is 5.91 Å². The number of carbonyl (C=O) groups excluding carboxylic acids is 1. The van der Waals surface area contributed by atoms with Crippen molar-refractivity contribution in [1.29, 1.82) is 0 Å². The fourth-order valence-corrected chi connectivity index (χ4v) is 2.72. The summed E-state index contributed by atoms with van der Waals surface area (Å²) in [4.78, 5) is 12.4. The highest BCUT2D eigenvalue weighted by Gasteiger charge is 2.19. The number of anilines is 1. The van der Waals surface area contributed by atoms with E-state index in [0.717, 1.165) is 15.7 Å². The number of carbonyl (C=O) groups is 1. The molecule has 0 aliphatic rings. The zero-order valence-electron chi connectivity index (χ0n) is 13.7. The van der Waals surface area contributed by atoms with Gasteiger partial charge in [-0.3, -0.25) is 4.79 Å². The van der Waals surface area contributed by atoms with E-state index in [1.54, 1.807) is 0 Å². The van der Waals surface area contributed by atoms with Gasteiger partial charge in [0.15, 0.2) is 11.5 Å². The molecule has 0 saturated heterocycles. The summed E-state index contributed by atoms with van der Waals surface area (Å²) in [6.07, 6.45) is 0. The first-order valence-electron chi connectivity index (χ1n) is 7.86. The van der Waals surface area contributed by atoms with Crippen LogP contribution in [0.5, 0.6) is 0 Å². The van der Waals surface area contributed by atoms with E-state index in [0.29, 0.717) is 6.54 Å². The van der Waals surface area contributed by atoms with Crippen LogP contribution in [0.2, 0.25) is 0 Å². The van der Waals surface area contributed by atoms with Gasteiger partial charge in [0.1, 0.15) is 0 Å². The number of nitrogens with one attached hydrogen (secondary N) is 1. The molecule has 3 aromatic rings. The molecule has 0 aliphatic carbocycles. The number of rotatable bonds is 5. The summed E-state index contributed by atoms with van der Waals surface area (Å²) in [5.41, 5.74) is 8.09. The third kappa shape index (κ3) is 3.88. The molecule has 3 N–H and O–H groups in total. The van der Waals surface area contributed by atoms with Crippen LogP contribution in [-0.2, 0) is 0 Å². The third-order valence-corrected chi connectivity index (χ3v) is 4.46. The Morgan fingerprint density at radius 3 is 2.56 bits per heavy atom. The molecule has 0 fully saturated rings. The van der Waals surface area contributed by atoms with E-state index in [2.05, 4.69) is 38.5 Å². The predicted octanol–water partition coefficient (Wildman–Crippen LogP) is 3.15. The van der Waals surface area contributed by atoms with Crippen molar-refractivity contribution < 1.29 is 4.79 Å². The van der Waals surface area contributed by atoms with E-state index in [1.165, 1.54) is 4.68 Å². The van der Waals surface area contributed by atoms with E-state index in [-0.39, 0.29) is 23.3 Å². The molecule has 0 spiro atoms. The molecular formula is C18H18BrN5O. The summed E-state index contributed by atoms with van der Waals surface area (Å²) in [6, 6.07) is 17.4. The quantitative estimate of drug-likeness (QED) is 0.689. The first-order valence-corrected chi connectivity index (χ1v) is 8.66. The number of nitrogens with zero attached hydrogens (tertiary/aromatic N) is 3. The van der Waals surface area contributed by atoms with Gasteiger partial charge in [-0.2, -0.15) is 4.68 Å². The molecule has 1 amide bonds. The van der Waals surface area contributed by atoms with Crippen LogP contribution in [0, 0.1) is 0 Å². The average Bonchev–Trinajstić information content (AvgIpc) is 3.02. The van der Waals surface area contributed by atoms with Crippen LogP contribution >= 0.6 is 15.9 Å². The molecule has 0 saturated carbocycles. The van der Waals surface area contributed by atoms with E-state index in [1.807, 2.05) is 54.6 Å². The second-order valence-electron chi connectivity index (χ2n) is 5.73. The zero-order valence-corrected chi connectivity index (χ0v) is 15.3. The summed E-state index contributed by atoms with van der Waals surface area (Å²) < 4.78 is 2.39. The van der Waals surface area contributed by atoms with Gasteiger partial charge in [0.2, 0.25) is 0 Å². The first-order chi connectivity index (χ1) is 12.1. The Morgan fingerprint density at radius 2 is 1.88 bits per heavy atom. The summed E-state index contributed by atoms with van der Waals surface area (Å²) in [5, 5.41) is 10.8. The van der Waals surface area contributed by atoms with Crippen molar-refractivity contribution in [3.8, 4) is 5.69 Å². The second-order valence-corrected chi connectivity index (χ2v) is 6.65. The Kier molecular flexibility index (Phi) is 5.14. The fraction of sp³-hybridized carbons (Fsp3) is 0.167. The Morgan fingerprint density at radius 1 is 1.20 bits per heavy atom. The van der Waals surface area contributed by atoms with Crippen LogP contribution < -0.4 is 11.1 Å². The van der Waals surface area contributed by atoms with Gasteiger partial charge in [-0.05, 0) is 35.7 Å². The standard InChI is InChI=1S/C18H18BrN5O/c1-12(13-5-3-2-4-6-13)11-21-18(25)16-17(20)24(23-22-16)15-9-7-14(19)8-10-15/h2-10,12H,11,20H2,1H3,(H,21,25)/t12-/m1/s1. The summed E-state index contributed by atoms with van der Waals surface area (Å²) in [6.45, 7) is 2.55. The van der Waals surface area contributed by atoms with E-state index in [4.69, 9.17) is 5.73 Å². The molecule has 128 valence electrons. The highest BCUT2D eigenvalue weighted by atomic mass is 79.9. The lowest BCUT2D eigenvalue weighted by atomic mass is 10.0. The number of hydrogen-bond acceptors (Lipinski definition) is 4. The highest BCUT2D eigenvalue weighted by molar-refractivity contribution is 9.10.